The number of carbonyl (C=O) groups excluding carboxylic acids is 1. The zero-order valence-corrected chi connectivity index (χ0v) is 11.3. The summed E-state index contributed by atoms with van der Waals surface area (Å²) in [5, 5.41) is 3.11. The third-order valence-corrected chi connectivity index (χ3v) is 4.18. The van der Waals surface area contributed by atoms with Crippen molar-refractivity contribution in [1.82, 2.24) is 15.2 Å². The maximum absolute atomic E-state index is 12.4. The van der Waals surface area contributed by atoms with Crippen LogP contribution in [0.25, 0.3) is 0 Å². The van der Waals surface area contributed by atoms with Crippen molar-refractivity contribution in [2.45, 2.75) is 44.4 Å². The lowest BCUT2D eigenvalue weighted by Gasteiger charge is -2.27. The maximum Gasteiger partial charge on any atom is 0.318 e. The average Bonchev–Trinajstić information content (AvgIpc) is 3.09. The van der Waals surface area contributed by atoms with Crippen molar-refractivity contribution in [3.63, 3.8) is 0 Å². The van der Waals surface area contributed by atoms with Gasteiger partial charge in [0.05, 0.1) is 18.2 Å². The number of likely N-dealkylation sites (tertiary alicyclic amines) is 1. The van der Waals surface area contributed by atoms with Crippen LogP contribution in [0.3, 0.4) is 0 Å². The van der Waals surface area contributed by atoms with E-state index in [0.29, 0.717) is 0 Å². The molecule has 0 saturated carbocycles. The van der Waals surface area contributed by atoms with Crippen LogP contribution in [0.2, 0.25) is 0 Å². The molecule has 1 aromatic heterocycles. The fourth-order valence-corrected chi connectivity index (χ4v) is 3.05. The number of nitrogens with one attached hydrogen (secondary N) is 2. The first-order valence-corrected chi connectivity index (χ1v) is 7.08. The van der Waals surface area contributed by atoms with Crippen LogP contribution < -0.4 is 5.32 Å². The molecule has 3 rings (SSSR count). The Hall–Kier alpha value is -1.49. The van der Waals surface area contributed by atoms with Crippen LogP contribution in [-0.4, -0.2) is 41.2 Å². The van der Waals surface area contributed by atoms with E-state index in [1.165, 1.54) is 0 Å². The predicted octanol–water partition coefficient (Wildman–Crippen LogP) is 2.04. The van der Waals surface area contributed by atoms with Gasteiger partial charge in [0.15, 0.2) is 0 Å². The Kier molecular flexibility index (Phi) is 3.46. The number of carbonyl (C=O) groups is 1. The summed E-state index contributed by atoms with van der Waals surface area (Å²) in [6.07, 6.45) is 5.04. The minimum Gasteiger partial charge on any atom is -0.376 e. The lowest BCUT2D eigenvalue weighted by Crippen LogP contribution is -2.46. The van der Waals surface area contributed by atoms with E-state index in [1.54, 1.807) is 0 Å². The summed E-state index contributed by atoms with van der Waals surface area (Å²) in [7, 11) is 0. The fourth-order valence-electron chi connectivity index (χ4n) is 3.05. The van der Waals surface area contributed by atoms with Crippen molar-refractivity contribution < 1.29 is 9.53 Å². The largest absolute Gasteiger partial charge is 0.376 e. The Morgan fingerprint density at radius 3 is 3.11 bits per heavy atom. The standard InChI is InChI=1S/C14H21N3O2/c1-10-11(6-9-19-10)16-14(18)17-8-3-5-13(17)12-4-2-7-15-12/h2,4,7,10-11,13,15H,3,5-6,8-9H2,1H3,(H,16,18). The highest BCUT2D eigenvalue weighted by Crippen LogP contribution is 2.31. The van der Waals surface area contributed by atoms with Crippen LogP contribution in [0.4, 0.5) is 4.79 Å². The first kappa shape index (κ1) is 12.5. The van der Waals surface area contributed by atoms with Crippen LogP contribution in [0.1, 0.15) is 37.9 Å². The number of hydrogen-bond acceptors (Lipinski definition) is 2. The second-order valence-electron chi connectivity index (χ2n) is 5.40. The number of nitrogens with zero attached hydrogens (tertiary/aromatic N) is 1. The normalized spacial score (nSPS) is 30.8. The second-order valence-corrected chi connectivity index (χ2v) is 5.40. The third-order valence-electron chi connectivity index (χ3n) is 4.18. The summed E-state index contributed by atoms with van der Waals surface area (Å²) >= 11 is 0. The minimum absolute atomic E-state index is 0.0412. The van der Waals surface area contributed by atoms with Gasteiger partial charge in [0.25, 0.3) is 0 Å². The average molecular weight is 263 g/mol. The van der Waals surface area contributed by atoms with E-state index in [0.717, 1.165) is 38.1 Å². The minimum atomic E-state index is 0.0412. The van der Waals surface area contributed by atoms with Gasteiger partial charge in [-0.1, -0.05) is 0 Å². The molecule has 19 heavy (non-hydrogen) atoms. The van der Waals surface area contributed by atoms with Crippen molar-refractivity contribution in [3.05, 3.63) is 24.0 Å². The predicted molar refractivity (Wildman–Crippen MR) is 71.8 cm³/mol. The topological polar surface area (TPSA) is 57.4 Å². The second kappa shape index (κ2) is 5.25. The molecule has 0 bridgehead atoms. The molecular formula is C14H21N3O2. The lowest BCUT2D eigenvalue weighted by atomic mass is 10.1. The molecule has 3 atom stereocenters. The molecule has 2 aliphatic heterocycles. The van der Waals surface area contributed by atoms with Crippen molar-refractivity contribution >= 4 is 6.03 Å². The lowest BCUT2D eigenvalue weighted by molar-refractivity contribution is 0.111. The Bertz CT molecular complexity index is 432. The van der Waals surface area contributed by atoms with Crippen molar-refractivity contribution in [1.29, 1.82) is 0 Å². The molecule has 5 nitrogen and oxygen atoms in total. The number of amides is 2. The number of ether oxygens (including phenoxy) is 1. The van der Waals surface area contributed by atoms with Crippen LogP contribution in [0.15, 0.2) is 18.3 Å². The van der Waals surface area contributed by atoms with Crippen LogP contribution in [0, 0.1) is 0 Å². The first-order chi connectivity index (χ1) is 9.25. The van der Waals surface area contributed by atoms with Crippen LogP contribution >= 0.6 is 0 Å². The molecule has 3 unspecified atom stereocenters. The molecule has 0 radical (unpaired) electrons. The molecule has 1 aromatic rings. The van der Waals surface area contributed by atoms with Gasteiger partial charge in [0.1, 0.15) is 0 Å². The van der Waals surface area contributed by atoms with E-state index in [2.05, 4.69) is 16.4 Å². The molecule has 0 aromatic carbocycles. The molecule has 3 heterocycles. The molecular weight excluding hydrogens is 242 g/mol. The van der Waals surface area contributed by atoms with E-state index < -0.39 is 0 Å². The summed E-state index contributed by atoms with van der Waals surface area (Å²) in [6.45, 7) is 3.59. The highest BCUT2D eigenvalue weighted by molar-refractivity contribution is 5.75. The maximum atomic E-state index is 12.4. The Morgan fingerprint density at radius 1 is 1.53 bits per heavy atom. The highest BCUT2D eigenvalue weighted by atomic mass is 16.5. The van der Waals surface area contributed by atoms with Gasteiger partial charge in [0, 0.05) is 25.0 Å². The van der Waals surface area contributed by atoms with Gasteiger partial charge in [-0.05, 0) is 38.3 Å². The van der Waals surface area contributed by atoms with Crippen LogP contribution in [0.5, 0.6) is 0 Å². The smallest absolute Gasteiger partial charge is 0.318 e. The van der Waals surface area contributed by atoms with Crippen molar-refractivity contribution in [2.24, 2.45) is 0 Å². The van der Waals surface area contributed by atoms with E-state index in [1.807, 2.05) is 24.1 Å². The first-order valence-electron chi connectivity index (χ1n) is 7.08. The number of aromatic amines is 1. The van der Waals surface area contributed by atoms with Gasteiger partial charge in [-0.25, -0.2) is 4.79 Å². The Morgan fingerprint density at radius 2 is 2.42 bits per heavy atom. The summed E-state index contributed by atoms with van der Waals surface area (Å²) in [4.78, 5) is 17.6. The summed E-state index contributed by atoms with van der Waals surface area (Å²) in [5.74, 6) is 0. The van der Waals surface area contributed by atoms with E-state index in [9.17, 15) is 4.79 Å². The van der Waals surface area contributed by atoms with Crippen LogP contribution in [-0.2, 0) is 4.74 Å². The van der Waals surface area contributed by atoms with Gasteiger partial charge < -0.3 is 19.9 Å². The number of urea groups is 1. The Labute approximate surface area is 113 Å². The van der Waals surface area contributed by atoms with E-state index >= 15 is 0 Å². The zero-order chi connectivity index (χ0) is 13.2. The SMILES string of the molecule is CC1OCCC1NC(=O)N1CCCC1c1ccc[nH]1. The monoisotopic (exact) mass is 263 g/mol. The van der Waals surface area contributed by atoms with Crippen molar-refractivity contribution in [3.8, 4) is 0 Å². The van der Waals surface area contributed by atoms with Gasteiger partial charge in [-0.3, -0.25) is 0 Å². The number of hydrogen-bond donors (Lipinski definition) is 2. The molecule has 2 aliphatic rings. The van der Waals surface area contributed by atoms with Gasteiger partial charge in [0.2, 0.25) is 0 Å². The molecule has 2 N–H and O–H groups in total. The fraction of sp³-hybridized carbons (Fsp3) is 0.643. The van der Waals surface area contributed by atoms with Gasteiger partial charge >= 0.3 is 6.03 Å². The molecule has 5 heteroatoms. The molecule has 2 amide bonds. The summed E-state index contributed by atoms with van der Waals surface area (Å²) < 4.78 is 5.49. The molecule has 0 spiro atoms. The van der Waals surface area contributed by atoms with Gasteiger partial charge in [-0.2, -0.15) is 0 Å². The highest BCUT2D eigenvalue weighted by Gasteiger charge is 2.33. The zero-order valence-electron chi connectivity index (χ0n) is 11.3. The van der Waals surface area contributed by atoms with Crippen molar-refractivity contribution in [2.75, 3.05) is 13.2 Å². The number of H-pyrrole nitrogens is 1. The molecule has 2 saturated heterocycles. The molecule has 2 fully saturated rings. The molecule has 0 aliphatic carbocycles. The van der Waals surface area contributed by atoms with E-state index in [4.69, 9.17) is 4.74 Å². The Balaban J connectivity index is 1.65. The summed E-state index contributed by atoms with van der Waals surface area (Å²) in [6, 6.07) is 4.42. The van der Waals surface area contributed by atoms with Gasteiger partial charge in [-0.15, -0.1) is 0 Å². The third kappa shape index (κ3) is 2.47. The number of rotatable bonds is 2. The van der Waals surface area contributed by atoms with E-state index in [-0.39, 0.29) is 24.2 Å². The summed E-state index contributed by atoms with van der Waals surface area (Å²) in [5.41, 5.74) is 1.13. The number of aromatic nitrogens is 1. The quantitative estimate of drug-likeness (QED) is 0.858. The molecule has 104 valence electrons.